The number of aromatic nitrogens is 1. The summed E-state index contributed by atoms with van der Waals surface area (Å²) < 4.78 is 5.59. The monoisotopic (exact) mass is 498 g/mol. The summed E-state index contributed by atoms with van der Waals surface area (Å²) in [5.41, 5.74) is 0.991. The van der Waals surface area contributed by atoms with Crippen molar-refractivity contribution in [3.8, 4) is 5.75 Å². The summed E-state index contributed by atoms with van der Waals surface area (Å²) in [5, 5.41) is 3.83. The minimum absolute atomic E-state index is 0.0142. The molecule has 4 rings (SSSR count). The molecule has 0 unspecified atom stereocenters. The van der Waals surface area contributed by atoms with Crippen LogP contribution in [0.2, 0.25) is 10.0 Å². The maximum atomic E-state index is 12.6. The highest BCUT2D eigenvalue weighted by molar-refractivity contribution is 6.34. The summed E-state index contributed by atoms with van der Waals surface area (Å²) in [6.45, 7) is 2.66. The number of pyridine rings is 1. The first-order valence-electron chi connectivity index (χ1n) is 10.9. The normalized spacial score (nSPS) is 13.8. The van der Waals surface area contributed by atoms with Gasteiger partial charge in [0.1, 0.15) is 11.6 Å². The standard InChI is InChI=1S/C25H24Cl2N4O3/c26-18-6-9-20(10-7-18)34-17-24(32)31-13-3-12-30(14-15-31)23-11-8-19(16-28-23)29-25(33)21-4-1-2-5-22(21)27/h1-2,4-11,16H,3,12-15,17H2,(H,29,33). The molecule has 2 amide bonds. The molecule has 0 saturated carbocycles. The second-order valence-electron chi connectivity index (χ2n) is 7.80. The van der Waals surface area contributed by atoms with Crippen molar-refractivity contribution in [2.45, 2.75) is 6.42 Å². The van der Waals surface area contributed by atoms with Crippen molar-refractivity contribution in [1.82, 2.24) is 9.88 Å². The van der Waals surface area contributed by atoms with Crippen LogP contribution in [0, 0.1) is 0 Å². The number of ether oxygens (including phenoxy) is 1. The first kappa shape index (κ1) is 23.9. The van der Waals surface area contributed by atoms with Crippen molar-refractivity contribution in [3.05, 3.63) is 82.5 Å². The van der Waals surface area contributed by atoms with Crippen LogP contribution in [0.1, 0.15) is 16.8 Å². The largest absolute Gasteiger partial charge is 0.484 e. The number of hydrogen-bond acceptors (Lipinski definition) is 5. The summed E-state index contributed by atoms with van der Waals surface area (Å²) in [4.78, 5) is 33.5. The highest BCUT2D eigenvalue weighted by Crippen LogP contribution is 2.20. The Morgan fingerprint density at radius 2 is 1.74 bits per heavy atom. The average molecular weight is 499 g/mol. The molecular formula is C25H24Cl2N4O3. The molecule has 0 spiro atoms. The van der Waals surface area contributed by atoms with E-state index >= 15 is 0 Å². The van der Waals surface area contributed by atoms with Gasteiger partial charge >= 0.3 is 0 Å². The van der Waals surface area contributed by atoms with E-state index < -0.39 is 0 Å². The number of rotatable bonds is 6. The number of amides is 2. The molecule has 1 aromatic heterocycles. The summed E-state index contributed by atoms with van der Waals surface area (Å²) in [6, 6.07) is 17.5. The molecule has 1 saturated heterocycles. The van der Waals surface area contributed by atoms with Gasteiger partial charge in [-0.1, -0.05) is 35.3 Å². The zero-order valence-electron chi connectivity index (χ0n) is 18.4. The summed E-state index contributed by atoms with van der Waals surface area (Å²) in [5.74, 6) is 1.06. The summed E-state index contributed by atoms with van der Waals surface area (Å²) in [7, 11) is 0. The Morgan fingerprint density at radius 3 is 2.47 bits per heavy atom. The molecule has 1 aliphatic heterocycles. The predicted octanol–water partition coefficient (Wildman–Crippen LogP) is 4.76. The minimum Gasteiger partial charge on any atom is -0.484 e. The quantitative estimate of drug-likeness (QED) is 0.530. The average Bonchev–Trinajstić information content (AvgIpc) is 3.11. The van der Waals surface area contributed by atoms with E-state index in [1.165, 1.54) is 0 Å². The Morgan fingerprint density at radius 1 is 0.941 bits per heavy atom. The van der Waals surface area contributed by atoms with E-state index in [1.54, 1.807) is 54.7 Å². The highest BCUT2D eigenvalue weighted by atomic mass is 35.5. The van der Waals surface area contributed by atoms with Crippen LogP contribution >= 0.6 is 23.2 Å². The van der Waals surface area contributed by atoms with E-state index in [-0.39, 0.29) is 18.4 Å². The van der Waals surface area contributed by atoms with Gasteiger partial charge in [0.15, 0.2) is 6.61 Å². The molecule has 3 aromatic rings. The van der Waals surface area contributed by atoms with Gasteiger partial charge in [-0.05, 0) is 55.0 Å². The van der Waals surface area contributed by atoms with Gasteiger partial charge in [-0.3, -0.25) is 9.59 Å². The van der Waals surface area contributed by atoms with Crippen LogP contribution in [-0.2, 0) is 4.79 Å². The zero-order chi connectivity index (χ0) is 23.9. The van der Waals surface area contributed by atoms with Crippen LogP contribution in [0.4, 0.5) is 11.5 Å². The SMILES string of the molecule is O=C(Nc1ccc(N2CCCN(C(=O)COc3ccc(Cl)cc3)CC2)nc1)c1ccccc1Cl. The van der Waals surface area contributed by atoms with Crippen molar-refractivity contribution in [2.75, 3.05) is 43.0 Å². The molecule has 176 valence electrons. The number of carbonyl (C=O) groups excluding carboxylic acids is 2. The molecule has 0 atom stereocenters. The second-order valence-corrected chi connectivity index (χ2v) is 8.65. The molecule has 34 heavy (non-hydrogen) atoms. The summed E-state index contributed by atoms with van der Waals surface area (Å²) in [6.07, 6.45) is 2.44. The number of carbonyl (C=O) groups is 2. The smallest absolute Gasteiger partial charge is 0.260 e. The molecular weight excluding hydrogens is 475 g/mol. The molecule has 1 aliphatic rings. The van der Waals surface area contributed by atoms with E-state index in [9.17, 15) is 9.59 Å². The van der Waals surface area contributed by atoms with Crippen molar-refractivity contribution in [2.24, 2.45) is 0 Å². The maximum absolute atomic E-state index is 12.6. The van der Waals surface area contributed by atoms with Gasteiger partial charge in [-0.15, -0.1) is 0 Å². The number of anilines is 2. The number of hydrogen-bond donors (Lipinski definition) is 1. The number of halogens is 2. The Hall–Kier alpha value is -3.29. The lowest BCUT2D eigenvalue weighted by Crippen LogP contribution is -2.38. The van der Waals surface area contributed by atoms with Gasteiger partial charge in [0, 0.05) is 31.2 Å². The lowest BCUT2D eigenvalue weighted by molar-refractivity contribution is -0.133. The van der Waals surface area contributed by atoms with E-state index in [0.29, 0.717) is 46.7 Å². The van der Waals surface area contributed by atoms with E-state index in [1.807, 2.05) is 17.0 Å². The first-order chi connectivity index (χ1) is 16.5. The van der Waals surface area contributed by atoms with Gasteiger partial charge in [0.05, 0.1) is 22.5 Å². The van der Waals surface area contributed by atoms with E-state index in [4.69, 9.17) is 27.9 Å². The van der Waals surface area contributed by atoms with Gasteiger partial charge in [0.2, 0.25) is 0 Å². The fraction of sp³-hybridized carbons (Fsp3) is 0.240. The number of nitrogens with zero attached hydrogens (tertiary/aromatic N) is 3. The highest BCUT2D eigenvalue weighted by Gasteiger charge is 2.20. The fourth-order valence-corrected chi connectivity index (χ4v) is 4.00. The van der Waals surface area contributed by atoms with Crippen molar-refractivity contribution >= 4 is 46.5 Å². The van der Waals surface area contributed by atoms with Gasteiger partial charge in [0.25, 0.3) is 11.8 Å². The second kappa shape index (κ2) is 11.2. The fourth-order valence-electron chi connectivity index (χ4n) is 3.65. The molecule has 2 aromatic carbocycles. The predicted molar refractivity (Wildman–Crippen MR) is 134 cm³/mol. The Kier molecular flexibility index (Phi) is 7.87. The Balaban J connectivity index is 1.29. The third kappa shape index (κ3) is 6.18. The van der Waals surface area contributed by atoms with Gasteiger partial charge < -0.3 is 19.9 Å². The van der Waals surface area contributed by atoms with Crippen LogP contribution in [0.3, 0.4) is 0 Å². The third-order valence-corrected chi connectivity index (χ3v) is 6.05. The third-order valence-electron chi connectivity index (χ3n) is 5.47. The summed E-state index contributed by atoms with van der Waals surface area (Å²) >= 11 is 12.0. The number of benzene rings is 2. The van der Waals surface area contributed by atoms with Crippen LogP contribution < -0.4 is 15.0 Å². The number of nitrogens with one attached hydrogen (secondary N) is 1. The molecule has 9 heteroatoms. The molecule has 1 fully saturated rings. The topological polar surface area (TPSA) is 74.8 Å². The zero-order valence-corrected chi connectivity index (χ0v) is 19.9. The van der Waals surface area contributed by atoms with Crippen LogP contribution in [0.15, 0.2) is 66.9 Å². The van der Waals surface area contributed by atoms with Crippen molar-refractivity contribution in [3.63, 3.8) is 0 Å². The Bertz CT molecular complexity index is 1140. The maximum Gasteiger partial charge on any atom is 0.260 e. The van der Waals surface area contributed by atoms with Crippen LogP contribution in [-0.4, -0.2) is 54.5 Å². The molecule has 2 heterocycles. The van der Waals surface area contributed by atoms with Crippen LogP contribution in [0.25, 0.3) is 0 Å². The first-order valence-corrected chi connectivity index (χ1v) is 11.7. The van der Waals surface area contributed by atoms with Crippen molar-refractivity contribution < 1.29 is 14.3 Å². The lowest BCUT2D eigenvalue weighted by atomic mass is 10.2. The minimum atomic E-state index is -0.287. The molecule has 0 bridgehead atoms. The van der Waals surface area contributed by atoms with Gasteiger partial charge in [-0.25, -0.2) is 4.98 Å². The molecule has 0 radical (unpaired) electrons. The van der Waals surface area contributed by atoms with Crippen molar-refractivity contribution in [1.29, 1.82) is 0 Å². The van der Waals surface area contributed by atoms with E-state index in [2.05, 4.69) is 15.2 Å². The molecule has 7 nitrogen and oxygen atoms in total. The van der Waals surface area contributed by atoms with Crippen LogP contribution in [0.5, 0.6) is 5.75 Å². The van der Waals surface area contributed by atoms with Gasteiger partial charge in [-0.2, -0.15) is 0 Å². The molecule has 1 N–H and O–H groups in total. The molecule has 0 aliphatic carbocycles. The Labute approximate surface area is 208 Å². The van der Waals surface area contributed by atoms with E-state index in [0.717, 1.165) is 18.8 Å². The lowest BCUT2D eigenvalue weighted by Gasteiger charge is -2.23.